The summed E-state index contributed by atoms with van der Waals surface area (Å²) in [6.45, 7) is 2.49. The Morgan fingerprint density at radius 1 is 1.80 bits per heavy atom. The van der Waals surface area contributed by atoms with Gasteiger partial charge in [0, 0.05) is 13.1 Å². The van der Waals surface area contributed by atoms with Gasteiger partial charge in [-0.3, -0.25) is 0 Å². The number of nitrogens with zero attached hydrogens (tertiary/aromatic N) is 2. The van der Waals surface area contributed by atoms with Gasteiger partial charge in [-0.25, -0.2) is 4.79 Å². The minimum Gasteiger partial charge on any atom is -0.465 e. The molecule has 1 N–H and O–H groups in total. The van der Waals surface area contributed by atoms with E-state index in [1.165, 1.54) is 4.90 Å². The zero-order valence-corrected chi connectivity index (χ0v) is 5.87. The highest BCUT2D eigenvalue weighted by atomic mass is 16.4. The number of hydrogen-bond donors (Lipinski definition) is 1. The van der Waals surface area contributed by atoms with E-state index in [1.54, 1.807) is 6.92 Å². The monoisotopic (exact) mass is 142 g/mol. The summed E-state index contributed by atoms with van der Waals surface area (Å²) >= 11 is 0. The second-order valence-electron chi connectivity index (χ2n) is 1.77. The van der Waals surface area contributed by atoms with Gasteiger partial charge in [-0.15, -0.1) is 0 Å². The van der Waals surface area contributed by atoms with E-state index in [0.717, 1.165) is 0 Å². The summed E-state index contributed by atoms with van der Waals surface area (Å²) in [5.41, 5.74) is 0. The van der Waals surface area contributed by atoms with E-state index >= 15 is 0 Å². The third-order valence-electron chi connectivity index (χ3n) is 1.15. The van der Waals surface area contributed by atoms with Crippen molar-refractivity contribution in [3.63, 3.8) is 0 Å². The fourth-order valence-electron chi connectivity index (χ4n) is 0.574. The first kappa shape index (κ1) is 8.76. The van der Waals surface area contributed by atoms with E-state index in [2.05, 4.69) is 0 Å². The second kappa shape index (κ2) is 4.62. The molecule has 0 atom stereocenters. The quantitative estimate of drug-likeness (QED) is 0.636. The summed E-state index contributed by atoms with van der Waals surface area (Å²) in [5.74, 6) is 0. The Labute approximate surface area is 59.7 Å². The zero-order chi connectivity index (χ0) is 7.98. The fourth-order valence-corrected chi connectivity index (χ4v) is 0.574. The van der Waals surface area contributed by atoms with Gasteiger partial charge >= 0.3 is 6.09 Å². The highest BCUT2D eigenvalue weighted by Crippen LogP contribution is 1.89. The molecule has 0 bridgehead atoms. The maximum atomic E-state index is 10.3. The average Bonchev–Trinajstić information content (AvgIpc) is 1.89. The van der Waals surface area contributed by atoms with Gasteiger partial charge in [0.2, 0.25) is 0 Å². The fraction of sp³-hybridized carbons (Fsp3) is 0.667. The summed E-state index contributed by atoms with van der Waals surface area (Å²) in [6.07, 6.45) is -0.696. The standard InChI is InChI=1S/C6H10N2O2/c1-2-8(6(9)10)5-3-4-7/h2-3,5H2,1H3,(H,9,10). The molecule has 0 aromatic rings. The first-order valence-corrected chi connectivity index (χ1v) is 3.07. The Bertz CT molecular complexity index is 150. The molecule has 0 aliphatic rings. The number of hydrogen-bond acceptors (Lipinski definition) is 2. The van der Waals surface area contributed by atoms with Crippen molar-refractivity contribution in [2.24, 2.45) is 0 Å². The van der Waals surface area contributed by atoms with Gasteiger partial charge in [-0.1, -0.05) is 0 Å². The van der Waals surface area contributed by atoms with Gasteiger partial charge in [0.15, 0.2) is 0 Å². The van der Waals surface area contributed by atoms with Crippen LogP contribution < -0.4 is 0 Å². The Balaban J connectivity index is 3.63. The summed E-state index contributed by atoms with van der Waals surface area (Å²) in [7, 11) is 0. The zero-order valence-electron chi connectivity index (χ0n) is 5.87. The molecule has 0 aromatic carbocycles. The van der Waals surface area contributed by atoms with Crippen molar-refractivity contribution in [1.29, 1.82) is 5.26 Å². The molecule has 0 aliphatic carbocycles. The van der Waals surface area contributed by atoms with E-state index < -0.39 is 6.09 Å². The van der Waals surface area contributed by atoms with Gasteiger partial charge in [0.1, 0.15) is 0 Å². The van der Waals surface area contributed by atoms with Gasteiger partial charge < -0.3 is 10.0 Å². The molecular formula is C6H10N2O2. The minimum absolute atomic E-state index is 0.264. The molecular weight excluding hydrogens is 132 g/mol. The molecule has 0 saturated carbocycles. The highest BCUT2D eigenvalue weighted by Gasteiger charge is 2.06. The van der Waals surface area contributed by atoms with Crippen LogP contribution in [-0.2, 0) is 0 Å². The lowest BCUT2D eigenvalue weighted by Gasteiger charge is -2.13. The van der Waals surface area contributed by atoms with Gasteiger partial charge in [0.25, 0.3) is 0 Å². The molecule has 1 amide bonds. The Morgan fingerprint density at radius 3 is 2.70 bits per heavy atom. The van der Waals surface area contributed by atoms with Gasteiger partial charge in [0.05, 0.1) is 12.5 Å². The summed E-state index contributed by atoms with van der Waals surface area (Å²) in [5, 5.41) is 16.5. The van der Waals surface area contributed by atoms with Crippen molar-refractivity contribution >= 4 is 6.09 Å². The highest BCUT2D eigenvalue weighted by molar-refractivity contribution is 5.64. The molecule has 0 saturated heterocycles. The molecule has 4 nitrogen and oxygen atoms in total. The van der Waals surface area contributed by atoms with E-state index in [9.17, 15) is 4.79 Å². The van der Waals surface area contributed by atoms with Crippen LogP contribution in [0.15, 0.2) is 0 Å². The smallest absolute Gasteiger partial charge is 0.407 e. The van der Waals surface area contributed by atoms with Crippen LogP contribution in [0.2, 0.25) is 0 Å². The van der Waals surface area contributed by atoms with Crippen molar-refractivity contribution in [1.82, 2.24) is 4.90 Å². The number of carbonyl (C=O) groups is 1. The van der Waals surface area contributed by atoms with Crippen LogP contribution in [0.5, 0.6) is 0 Å². The van der Waals surface area contributed by atoms with Crippen LogP contribution in [0.3, 0.4) is 0 Å². The third kappa shape index (κ3) is 2.92. The predicted molar refractivity (Wildman–Crippen MR) is 35.5 cm³/mol. The van der Waals surface area contributed by atoms with Gasteiger partial charge in [-0.2, -0.15) is 5.26 Å². The molecule has 0 unspecified atom stereocenters. The Hall–Kier alpha value is -1.24. The molecule has 0 rings (SSSR count). The number of rotatable bonds is 3. The SMILES string of the molecule is CCN(CCC#N)C(=O)O. The first-order chi connectivity index (χ1) is 4.72. The molecule has 4 heteroatoms. The molecule has 56 valence electrons. The number of amides is 1. The van der Waals surface area contributed by atoms with Crippen molar-refractivity contribution in [2.75, 3.05) is 13.1 Å². The average molecular weight is 142 g/mol. The van der Waals surface area contributed by atoms with Crippen LogP contribution in [0.4, 0.5) is 4.79 Å². The lowest BCUT2D eigenvalue weighted by atomic mass is 10.4. The van der Waals surface area contributed by atoms with Crippen molar-refractivity contribution in [2.45, 2.75) is 13.3 Å². The molecule has 0 radical (unpaired) electrons. The maximum Gasteiger partial charge on any atom is 0.407 e. The van der Waals surface area contributed by atoms with Crippen molar-refractivity contribution < 1.29 is 9.90 Å². The van der Waals surface area contributed by atoms with E-state index in [0.29, 0.717) is 13.1 Å². The molecule has 0 fully saturated rings. The largest absolute Gasteiger partial charge is 0.465 e. The molecule has 0 aliphatic heterocycles. The first-order valence-electron chi connectivity index (χ1n) is 3.07. The molecule has 0 spiro atoms. The summed E-state index contributed by atoms with van der Waals surface area (Å²) in [4.78, 5) is 11.5. The van der Waals surface area contributed by atoms with Gasteiger partial charge in [-0.05, 0) is 6.92 Å². The third-order valence-corrected chi connectivity index (χ3v) is 1.15. The Kier molecular flexibility index (Phi) is 4.05. The van der Waals surface area contributed by atoms with Crippen molar-refractivity contribution in [3.8, 4) is 6.07 Å². The Morgan fingerprint density at radius 2 is 2.40 bits per heavy atom. The predicted octanol–water partition coefficient (Wildman–Crippen LogP) is 0.900. The van der Waals surface area contributed by atoms with Crippen LogP contribution in [-0.4, -0.2) is 29.2 Å². The lowest BCUT2D eigenvalue weighted by molar-refractivity contribution is 0.149. The van der Waals surface area contributed by atoms with Crippen LogP contribution in [0.1, 0.15) is 13.3 Å². The van der Waals surface area contributed by atoms with E-state index in [4.69, 9.17) is 10.4 Å². The number of carboxylic acid groups (broad SMARTS) is 1. The molecule has 0 heterocycles. The minimum atomic E-state index is -0.960. The molecule has 0 aromatic heterocycles. The summed E-state index contributed by atoms with van der Waals surface area (Å²) in [6, 6.07) is 1.88. The topological polar surface area (TPSA) is 64.3 Å². The van der Waals surface area contributed by atoms with E-state index in [-0.39, 0.29) is 6.42 Å². The van der Waals surface area contributed by atoms with Crippen LogP contribution >= 0.6 is 0 Å². The van der Waals surface area contributed by atoms with Crippen molar-refractivity contribution in [3.05, 3.63) is 0 Å². The summed E-state index contributed by atoms with van der Waals surface area (Å²) < 4.78 is 0. The second-order valence-corrected chi connectivity index (χ2v) is 1.77. The van der Waals surface area contributed by atoms with Crippen LogP contribution in [0.25, 0.3) is 0 Å². The normalized spacial score (nSPS) is 8.40. The lowest BCUT2D eigenvalue weighted by Crippen LogP contribution is -2.29. The molecule has 10 heavy (non-hydrogen) atoms. The van der Waals surface area contributed by atoms with Crippen LogP contribution in [0, 0.1) is 11.3 Å². The number of nitriles is 1. The maximum absolute atomic E-state index is 10.3. The van der Waals surface area contributed by atoms with E-state index in [1.807, 2.05) is 6.07 Å².